The van der Waals surface area contributed by atoms with E-state index in [0.717, 1.165) is 43.5 Å². The molecule has 36 heavy (non-hydrogen) atoms. The molecule has 0 bridgehead atoms. The maximum absolute atomic E-state index is 12.9. The first-order valence-corrected chi connectivity index (χ1v) is 12.9. The number of carbonyl (C=O) groups is 1. The lowest BCUT2D eigenvalue weighted by atomic mass is 9.78. The molecule has 3 rings (SSSR count). The topological polar surface area (TPSA) is 69.7 Å². The second-order valence-corrected chi connectivity index (χ2v) is 10.8. The molecule has 12 heteroatoms. The second kappa shape index (κ2) is 10.3. The number of Topliss-reactive ketones (excluding diaryl/α,β-unsaturated/α-hetero) is 1. The summed E-state index contributed by atoms with van der Waals surface area (Å²) in [6, 6.07) is 7.47. The molecule has 0 heterocycles. The molecule has 0 amide bonds. The van der Waals surface area contributed by atoms with Gasteiger partial charge in [0.15, 0.2) is 21.7 Å². The Kier molecular flexibility index (Phi) is 7.97. The molecule has 2 aromatic carbocycles. The molecule has 0 aliphatic heterocycles. The van der Waals surface area contributed by atoms with E-state index in [9.17, 15) is 39.6 Å². The number of carbonyl (C=O) groups excluding carboxylic acids is 1. The first-order chi connectivity index (χ1) is 16.5. The zero-order valence-electron chi connectivity index (χ0n) is 19.3. The van der Waals surface area contributed by atoms with E-state index in [0.29, 0.717) is 25.0 Å². The molecule has 1 atom stereocenters. The highest BCUT2D eigenvalue weighted by molar-refractivity contribution is 7.90. The Morgan fingerprint density at radius 1 is 1.03 bits per heavy atom. The highest BCUT2D eigenvalue weighted by atomic mass is 32.2. The van der Waals surface area contributed by atoms with Crippen LogP contribution in [0.4, 0.5) is 26.3 Å². The Labute approximate surface area is 204 Å². The van der Waals surface area contributed by atoms with E-state index in [-0.39, 0.29) is 34.7 Å². The summed E-state index contributed by atoms with van der Waals surface area (Å²) in [5, 5.41) is 0. The van der Waals surface area contributed by atoms with E-state index in [2.05, 4.69) is 0 Å². The van der Waals surface area contributed by atoms with Crippen molar-refractivity contribution in [1.29, 1.82) is 0 Å². The SMILES string of the molecule is C[C@@H](Oc1ccc(S(C)(=O)=O)cc1C(=O)CCC1CC(Oc2ccc(C(F)(F)F)cc2)C1)C(F)(F)F. The molecule has 1 fully saturated rings. The number of rotatable bonds is 9. The molecule has 198 valence electrons. The normalized spacial score (nSPS) is 19.3. The van der Waals surface area contributed by atoms with Crippen LogP contribution in [0.1, 0.15) is 48.5 Å². The Balaban J connectivity index is 1.59. The predicted molar refractivity (Wildman–Crippen MR) is 118 cm³/mol. The number of sulfone groups is 1. The van der Waals surface area contributed by atoms with Crippen LogP contribution in [0, 0.1) is 5.92 Å². The van der Waals surface area contributed by atoms with Crippen LogP contribution in [0.2, 0.25) is 0 Å². The van der Waals surface area contributed by atoms with Gasteiger partial charge in [-0.3, -0.25) is 4.79 Å². The fourth-order valence-corrected chi connectivity index (χ4v) is 4.36. The zero-order chi connectivity index (χ0) is 26.9. The van der Waals surface area contributed by atoms with E-state index in [1.54, 1.807) is 0 Å². The lowest BCUT2D eigenvalue weighted by Gasteiger charge is -2.35. The van der Waals surface area contributed by atoms with Crippen molar-refractivity contribution >= 4 is 15.6 Å². The summed E-state index contributed by atoms with van der Waals surface area (Å²) in [4.78, 5) is 12.6. The lowest BCUT2D eigenvalue weighted by Crippen LogP contribution is -2.34. The number of hydrogen-bond donors (Lipinski definition) is 0. The van der Waals surface area contributed by atoms with Gasteiger partial charge in [0.2, 0.25) is 0 Å². The summed E-state index contributed by atoms with van der Waals surface area (Å²) in [7, 11) is -3.71. The molecule has 0 unspecified atom stereocenters. The molecule has 0 aromatic heterocycles. The van der Waals surface area contributed by atoms with Crippen LogP contribution in [0.15, 0.2) is 47.4 Å². The summed E-state index contributed by atoms with van der Waals surface area (Å²) in [6.45, 7) is 0.782. The summed E-state index contributed by atoms with van der Waals surface area (Å²) < 4.78 is 111. The van der Waals surface area contributed by atoms with Gasteiger partial charge in [-0.15, -0.1) is 0 Å². The quantitative estimate of drug-likeness (QED) is 0.279. The first-order valence-electron chi connectivity index (χ1n) is 11.0. The van der Waals surface area contributed by atoms with Gasteiger partial charge in [0, 0.05) is 12.7 Å². The largest absolute Gasteiger partial charge is 0.490 e. The molecule has 1 aliphatic carbocycles. The van der Waals surface area contributed by atoms with Gasteiger partial charge in [-0.25, -0.2) is 8.42 Å². The minimum absolute atomic E-state index is 0.0539. The van der Waals surface area contributed by atoms with Crippen molar-refractivity contribution in [2.75, 3.05) is 6.26 Å². The van der Waals surface area contributed by atoms with Crippen LogP contribution in [0.25, 0.3) is 0 Å². The van der Waals surface area contributed by atoms with Crippen molar-refractivity contribution in [3.8, 4) is 11.5 Å². The summed E-state index contributed by atoms with van der Waals surface area (Å²) >= 11 is 0. The van der Waals surface area contributed by atoms with Crippen molar-refractivity contribution in [1.82, 2.24) is 0 Å². The zero-order valence-corrected chi connectivity index (χ0v) is 20.1. The van der Waals surface area contributed by atoms with Gasteiger partial charge in [0.1, 0.15) is 11.5 Å². The van der Waals surface area contributed by atoms with Crippen LogP contribution in [-0.2, 0) is 16.0 Å². The number of ketones is 1. The number of hydrogen-bond acceptors (Lipinski definition) is 5. The van der Waals surface area contributed by atoms with E-state index in [1.807, 2.05) is 0 Å². The first kappa shape index (κ1) is 27.8. The number of halogens is 6. The van der Waals surface area contributed by atoms with Crippen molar-refractivity contribution in [2.24, 2.45) is 5.92 Å². The number of benzene rings is 2. The lowest BCUT2D eigenvalue weighted by molar-refractivity contribution is -0.189. The standard InChI is InChI=1S/C24H24F6O5S/c1-14(23(25,26)27)34-22-10-8-19(36(2,32)33)13-20(22)21(31)9-3-15-11-18(12-15)35-17-6-4-16(5-7-17)24(28,29)30/h4-8,10,13-15,18H,3,9,11-12H2,1-2H3/t14-,15?,18?/m1/s1. The predicted octanol–water partition coefficient (Wildman–Crippen LogP) is 6.26. The van der Waals surface area contributed by atoms with E-state index in [1.165, 1.54) is 12.1 Å². The number of alkyl halides is 6. The van der Waals surface area contributed by atoms with Crippen LogP contribution < -0.4 is 9.47 Å². The summed E-state index contributed by atoms with van der Waals surface area (Å²) in [5.41, 5.74) is -1.03. The smallest absolute Gasteiger partial charge is 0.425 e. The van der Waals surface area contributed by atoms with Gasteiger partial charge in [0.25, 0.3) is 0 Å². The van der Waals surface area contributed by atoms with Gasteiger partial charge in [-0.05, 0) is 74.6 Å². The van der Waals surface area contributed by atoms with Crippen molar-refractivity contribution in [3.63, 3.8) is 0 Å². The highest BCUT2D eigenvalue weighted by Gasteiger charge is 2.39. The van der Waals surface area contributed by atoms with Crippen LogP contribution in [0.3, 0.4) is 0 Å². The average molecular weight is 539 g/mol. The van der Waals surface area contributed by atoms with Crippen molar-refractivity contribution in [3.05, 3.63) is 53.6 Å². The highest BCUT2D eigenvalue weighted by Crippen LogP contribution is 2.37. The molecular formula is C24H24F6O5S. The Morgan fingerprint density at radius 2 is 1.64 bits per heavy atom. The molecule has 0 N–H and O–H groups in total. The Morgan fingerprint density at radius 3 is 2.17 bits per heavy atom. The third-order valence-corrected chi connectivity index (χ3v) is 7.01. The van der Waals surface area contributed by atoms with Crippen LogP contribution in [-0.4, -0.2) is 38.8 Å². The second-order valence-electron chi connectivity index (χ2n) is 8.79. The van der Waals surface area contributed by atoms with E-state index in [4.69, 9.17) is 9.47 Å². The third-order valence-electron chi connectivity index (χ3n) is 5.90. The Bertz CT molecular complexity index is 1180. The van der Waals surface area contributed by atoms with E-state index < -0.39 is 39.6 Å². The monoisotopic (exact) mass is 538 g/mol. The maximum atomic E-state index is 12.9. The van der Waals surface area contributed by atoms with Crippen molar-refractivity contribution < 1.29 is 49.0 Å². The maximum Gasteiger partial charge on any atom is 0.425 e. The fourth-order valence-electron chi connectivity index (χ4n) is 3.71. The molecule has 2 aromatic rings. The van der Waals surface area contributed by atoms with Crippen molar-refractivity contribution in [2.45, 2.75) is 62.1 Å². The minimum Gasteiger partial charge on any atom is -0.490 e. The van der Waals surface area contributed by atoms with Crippen LogP contribution in [0.5, 0.6) is 11.5 Å². The van der Waals surface area contributed by atoms with E-state index >= 15 is 0 Å². The molecule has 5 nitrogen and oxygen atoms in total. The molecule has 0 saturated heterocycles. The van der Waals surface area contributed by atoms with Gasteiger partial charge in [-0.2, -0.15) is 26.3 Å². The average Bonchev–Trinajstić information content (AvgIpc) is 2.73. The van der Waals surface area contributed by atoms with Gasteiger partial charge in [-0.1, -0.05) is 0 Å². The molecular weight excluding hydrogens is 514 g/mol. The third kappa shape index (κ3) is 7.14. The molecule has 1 aliphatic rings. The molecule has 0 radical (unpaired) electrons. The molecule has 1 saturated carbocycles. The number of ether oxygens (including phenoxy) is 2. The van der Waals surface area contributed by atoms with Gasteiger partial charge >= 0.3 is 12.4 Å². The van der Waals surface area contributed by atoms with Gasteiger partial charge < -0.3 is 9.47 Å². The minimum atomic E-state index is -4.68. The fraction of sp³-hybridized carbons (Fsp3) is 0.458. The Hall–Kier alpha value is -2.76. The summed E-state index contributed by atoms with van der Waals surface area (Å²) in [6.07, 6.45) is -9.22. The molecule has 0 spiro atoms. The van der Waals surface area contributed by atoms with Gasteiger partial charge in [0.05, 0.1) is 22.1 Å². The summed E-state index contributed by atoms with van der Waals surface area (Å²) in [5.74, 6) is -0.558. The van der Waals surface area contributed by atoms with Crippen LogP contribution >= 0.6 is 0 Å².